The van der Waals surface area contributed by atoms with Gasteiger partial charge in [0.15, 0.2) is 0 Å². The lowest BCUT2D eigenvalue weighted by Gasteiger charge is -2.35. The smallest absolute Gasteiger partial charge is 0.146 e. The minimum atomic E-state index is -0.293. The van der Waals surface area contributed by atoms with E-state index in [4.69, 9.17) is 16.3 Å². The van der Waals surface area contributed by atoms with Crippen LogP contribution in [0.15, 0.2) is 18.2 Å². The third-order valence-corrected chi connectivity index (χ3v) is 4.16. The van der Waals surface area contributed by atoms with E-state index in [2.05, 4.69) is 10.00 Å². The van der Waals surface area contributed by atoms with Crippen LogP contribution in [-0.2, 0) is 13.6 Å². The first-order valence-corrected chi connectivity index (χ1v) is 7.22. The molecule has 1 aliphatic rings. The zero-order valence-electron chi connectivity index (χ0n) is 12.2. The van der Waals surface area contributed by atoms with Gasteiger partial charge in [-0.1, -0.05) is 11.6 Å². The molecular formula is C15H17ClFN3O. The standard InChI is InChI=1S/C15H17ClFN3O/c1-9-7-20(8-12-10(2)18-19(3)15(12)16)13-5-4-11(17)6-14(13)21-9/h4-6,9H,7-8H2,1-3H3/t9-/m1/s1. The van der Waals surface area contributed by atoms with Crippen LogP contribution in [0.4, 0.5) is 10.1 Å². The maximum absolute atomic E-state index is 13.4. The molecule has 0 bridgehead atoms. The summed E-state index contributed by atoms with van der Waals surface area (Å²) in [6.45, 7) is 5.27. The summed E-state index contributed by atoms with van der Waals surface area (Å²) in [7, 11) is 1.82. The third kappa shape index (κ3) is 2.58. The van der Waals surface area contributed by atoms with Gasteiger partial charge in [-0.25, -0.2) is 4.39 Å². The van der Waals surface area contributed by atoms with Crippen molar-refractivity contribution in [1.29, 1.82) is 0 Å². The minimum Gasteiger partial charge on any atom is -0.487 e. The Morgan fingerprint density at radius 3 is 2.90 bits per heavy atom. The second kappa shape index (κ2) is 5.22. The van der Waals surface area contributed by atoms with Crippen LogP contribution in [0, 0.1) is 12.7 Å². The highest BCUT2D eigenvalue weighted by Gasteiger charge is 2.25. The molecule has 0 fully saturated rings. The minimum absolute atomic E-state index is 0.00458. The van der Waals surface area contributed by atoms with E-state index in [1.165, 1.54) is 12.1 Å². The van der Waals surface area contributed by atoms with Crippen molar-refractivity contribution in [3.63, 3.8) is 0 Å². The molecule has 0 saturated heterocycles. The van der Waals surface area contributed by atoms with Crippen LogP contribution in [0.3, 0.4) is 0 Å². The van der Waals surface area contributed by atoms with Crippen molar-refractivity contribution in [1.82, 2.24) is 9.78 Å². The summed E-state index contributed by atoms with van der Waals surface area (Å²) >= 11 is 6.30. The molecule has 6 heteroatoms. The Kier molecular flexibility index (Phi) is 3.53. The molecule has 2 aromatic rings. The van der Waals surface area contributed by atoms with Gasteiger partial charge in [0.25, 0.3) is 0 Å². The van der Waals surface area contributed by atoms with Gasteiger partial charge in [0.2, 0.25) is 0 Å². The van der Waals surface area contributed by atoms with Gasteiger partial charge in [-0.2, -0.15) is 5.10 Å². The van der Waals surface area contributed by atoms with Gasteiger partial charge in [0.1, 0.15) is 22.8 Å². The van der Waals surface area contributed by atoms with Crippen LogP contribution in [0.5, 0.6) is 5.75 Å². The molecule has 0 amide bonds. The van der Waals surface area contributed by atoms with E-state index < -0.39 is 0 Å². The van der Waals surface area contributed by atoms with Crippen molar-refractivity contribution >= 4 is 17.3 Å². The van der Waals surface area contributed by atoms with Crippen LogP contribution in [0.25, 0.3) is 0 Å². The van der Waals surface area contributed by atoms with E-state index in [1.807, 2.05) is 20.9 Å². The topological polar surface area (TPSA) is 30.3 Å². The van der Waals surface area contributed by atoms with Gasteiger partial charge in [-0.05, 0) is 26.0 Å². The summed E-state index contributed by atoms with van der Waals surface area (Å²) < 4.78 is 20.8. The number of anilines is 1. The van der Waals surface area contributed by atoms with E-state index in [-0.39, 0.29) is 11.9 Å². The highest BCUT2D eigenvalue weighted by atomic mass is 35.5. The molecule has 0 spiro atoms. The van der Waals surface area contributed by atoms with E-state index in [9.17, 15) is 4.39 Å². The van der Waals surface area contributed by atoms with Gasteiger partial charge in [0.05, 0.1) is 17.9 Å². The molecule has 112 valence electrons. The Balaban J connectivity index is 1.96. The third-order valence-electron chi connectivity index (χ3n) is 3.69. The fraction of sp³-hybridized carbons (Fsp3) is 0.400. The zero-order valence-corrected chi connectivity index (χ0v) is 13.0. The average molecular weight is 310 g/mol. The van der Waals surface area contributed by atoms with E-state index >= 15 is 0 Å². The molecule has 0 radical (unpaired) electrons. The number of fused-ring (bicyclic) bond motifs is 1. The fourth-order valence-corrected chi connectivity index (χ4v) is 2.93. The number of nitrogens with zero attached hydrogens (tertiary/aromatic N) is 3. The maximum Gasteiger partial charge on any atom is 0.146 e. The predicted octanol–water partition coefficient (Wildman–Crippen LogP) is 3.31. The summed E-state index contributed by atoms with van der Waals surface area (Å²) in [5.74, 6) is 0.282. The lowest BCUT2D eigenvalue weighted by molar-refractivity contribution is 0.211. The van der Waals surface area contributed by atoms with Gasteiger partial charge in [0, 0.05) is 25.2 Å². The Bertz CT molecular complexity index is 686. The molecule has 1 atom stereocenters. The molecule has 21 heavy (non-hydrogen) atoms. The lowest BCUT2D eigenvalue weighted by atomic mass is 10.1. The van der Waals surface area contributed by atoms with Crippen molar-refractivity contribution in [3.05, 3.63) is 40.4 Å². The molecule has 0 unspecified atom stereocenters. The van der Waals surface area contributed by atoms with Crippen molar-refractivity contribution in [2.24, 2.45) is 7.05 Å². The number of halogens is 2. The van der Waals surface area contributed by atoms with Gasteiger partial charge in [-0.15, -0.1) is 0 Å². The second-order valence-electron chi connectivity index (χ2n) is 5.40. The van der Waals surface area contributed by atoms with Crippen LogP contribution in [0.1, 0.15) is 18.2 Å². The van der Waals surface area contributed by atoms with Crippen LogP contribution >= 0.6 is 11.6 Å². The monoisotopic (exact) mass is 309 g/mol. The van der Waals surface area contributed by atoms with Crippen molar-refractivity contribution in [3.8, 4) is 5.75 Å². The number of hydrogen-bond donors (Lipinski definition) is 0. The molecule has 1 aliphatic heterocycles. The molecule has 1 aromatic carbocycles. The SMILES string of the molecule is Cc1nn(C)c(Cl)c1CN1C[C@@H](C)Oc2cc(F)ccc21. The van der Waals surface area contributed by atoms with Crippen LogP contribution < -0.4 is 9.64 Å². The summed E-state index contributed by atoms with van der Waals surface area (Å²) in [5.41, 5.74) is 2.78. The number of benzene rings is 1. The summed E-state index contributed by atoms with van der Waals surface area (Å²) in [6.07, 6.45) is -0.00458. The normalized spacial score (nSPS) is 17.6. The van der Waals surface area contributed by atoms with Crippen molar-refractivity contribution in [2.75, 3.05) is 11.4 Å². The first kappa shape index (κ1) is 14.2. The number of ether oxygens (including phenoxy) is 1. The Hall–Kier alpha value is -1.75. The fourth-order valence-electron chi connectivity index (χ4n) is 2.70. The number of rotatable bonds is 2. The number of hydrogen-bond acceptors (Lipinski definition) is 3. The van der Waals surface area contributed by atoms with Crippen LogP contribution in [0.2, 0.25) is 5.15 Å². The lowest BCUT2D eigenvalue weighted by Crippen LogP contribution is -2.38. The Morgan fingerprint density at radius 1 is 1.48 bits per heavy atom. The van der Waals surface area contributed by atoms with Gasteiger partial charge < -0.3 is 9.64 Å². The molecule has 1 aromatic heterocycles. The summed E-state index contributed by atoms with van der Waals surface area (Å²) in [5, 5.41) is 4.97. The number of aryl methyl sites for hydroxylation is 2. The predicted molar refractivity (Wildman–Crippen MR) is 80.5 cm³/mol. The molecule has 3 rings (SSSR count). The van der Waals surface area contributed by atoms with E-state index in [0.29, 0.717) is 17.4 Å². The molecule has 2 heterocycles. The van der Waals surface area contributed by atoms with Gasteiger partial charge >= 0.3 is 0 Å². The largest absolute Gasteiger partial charge is 0.487 e. The summed E-state index contributed by atoms with van der Waals surface area (Å²) in [6, 6.07) is 4.62. The highest BCUT2D eigenvalue weighted by molar-refractivity contribution is 6.30. The quantitative estimate of drug-likeness (QED) is 0.852. The molecule has 0 saturated carbocycles. The molecule has 0 N–H and O–H groups in total. The van der Waals surface area contributed by atoms with Gasteiger partial charge in [-0.3, -0.25) is 4.68 Å². The first-order chi connectivity index (χ1) is 9.95. The molecule has 4 nitrogen and oxygen atoms in total. The maximum atomic E-state index is 13.4. The second-order valence-corrected chi connectivity index (χ2v) is 5.76. The average Bonchev–Trinajstić information content (AvgIpc) is 2.64. The van der Waals surface area contributed by atoms with Crippen molar-refractivity contribution < 1.29 is 9.13 Å². The number of aromatic nitrogens is 2. The first-order valence-electron chi connectivity index (χ1n) is 6.85. The van der Waals surface area contributed by atoms with E-state index in [0.717, 1.165) is 23.5 Å². The highest BCUT2D eigenvalue weighted by Crippen LogP contribution is 2.35. The van der Waals surface area contributed by atoms with Crippen LogP contribution in [-0.4, -0.2) is 22.4 Å². The van der Waals surface area contributed by atoms with E-state index in [1.54, 1.807) is 10.7 Å². The summed E-state index contributed by atoms with van der Waals surface area (Å²) in [4.78, 5) is 2.15. The Morgan fingerprint density at radius 2 is 2.24 bits per heavy atom. The van der Waals surface area contributed by atoms with Crippen molar-refractivity contribution in [2.45, 2.75) is 26.5 Å². The molecular weight excluding hydrogens is 293 g/mol. The molecule has 0 aliphatic carbocycles. The zero-order chi connectivity index (χ0) is 15.1. The Labute approximate surface area is 128 Å².